The largest absolute Gasteiger partial charge is 0.496 e. The first-order valence-corrected chi connectivity index (χ1v) is 8.60. The van der Waals surface area contributed by atoms with Crippen molar-refractivity contribution in [3.8, 4) is 5.75 Å². The van der Waals surface area contributed by atoms with Gasteiger partial charge in [0.2, 0.25) is 0 Å². The van der Waals surface area contributed by atoms with Crippen LogP contribution >= 0.6 is 23.2 Å². The SMILES string of the molecule is COc1c(C(C)N)cc(Cl)c(Cl)c1C1CN(C(=O)OC(C)(C)C)C1. The maximum atomic E-state index is 12.1. The van der Waals surface area contributed by atoms with Crippen molar-refractivity contribution in [2.24, 2.45) is 5.73 Å². The van der Waals surface area contributed by atoms with Gasteiger partial charge in [-0.3, -0.25) is 0 Å². The Morgan fingerprint density at radius 3 is 2.42 bits per heavy atom. The number of rotatable bonds is 3. The van der Waals surface area contributed by atoms with Gasteiger partial charge in [0.25, 0.3) is 0 Å². The number of amides is 1. The predicted octanol–water partition coefficient (Wildman–Crippen LogP) is 4.36. The summed E-state index contributed by atoms with van der Waals surface area (Å²) in [7, 11) is 1.58. The predicted molar refractivity (Wildman–Crippen MR) is 96.2 cm³/mol. The monoisotopic (exact) mass is 374 g/mol. The summed E-state index contributed by atoms with van der Waals surface area (Å²) < 4.78 is 10.9. The number of halogens is 2. The molecule has 1 aliphatic heterocycles. The summed E-state index contributed by atoms with van der Waals surface area (Å²) in [5.74, 6) is 0.685. The normalized spacial score (nSPS) is 16.6. The number of carbonyl (C=O) groups excluding carboxylic acids is 1. The van der Waals surface area contributed by atoms with Crippen molar-refractivity contribution in [1.82, 2.24) is 4.90 Å². The Labute approximate surface area is 153 Å². The minimum atomic E-state index is -0.518. The third-order valence-electron chi connectivity index (χ3n) is 3.87. The number of nitrogens with zero attached hydrogens (tertiary/aromatic N) is 1. The first kappa shape index (κ1) is 19.2. The number of hydrogen-bond acceptors (Lipinski definition) is 4. The van der Waals surface area contributed by atoms with Crippen molar-refractivity contribution in [3.63, 3.8) is 0 Å². The number of benzene rings is 1. The van der Waals surface area contributed by atoms with Gasteiger partial charge in [-0.15, -0.1) is 0 Å². The van der Waals surface area contributed by atoms with E-state index in [1.54, 1.807) is 18.1 Å². The Hall–Kier alpha value is -1.17. The molecule has 7 heteroatoms. The molecule has 0 aliphatic carbocycles. The van der Waals surface area contributed by atoms with E-state index < -0.39 is 5.60 Å². The molecule has 1 unspecified atom stereocenters. The molecule has 1 aromatic rings. The minimum absolute atomic E-state index is 0.0381. The number of likely N-dealkylation sites (tertiary alicyclic amines) is 1. The van der Waals surface area contributed by atoms with E-state index >= 15 is 0 Å². The third-order valence-corrected chi connectivity index (χ3v) is 4.67. The van der Waals surface area contributed by atoms with Gasteiger partial charge in [-0.05, 0) is 33.8 Å². The van der Waals surface area contributed by atoms with E-state index in [-0.39, 0.29) is 18.1 Å². The lowest BCUT2D eigenvalue weighted by atomic mass is 9.88. The Morgan fingerprint density at radius 1 is 1.38 bits per heavy atom. The summed E-state index contributed by atoms with van der Waals surface area (Å²) in [5, 5.41) is 0.891. The zero-order chi connectivity index (χ0) is 18.2. The molecule has 1 amide bonds. The minimum Gasteiger partial charge on any atom is -0.496 e. The van der Waals surface area contributed by atoms with Gasteiger partial charge in [0, 0.05) is 36.2 Å². The fourth-order valence-corrected chi connectivity index (χ4v) is 3.23. The van der Waals surface area contributed by atoms with Crippen LogP contribution in [0.3, 0.4) is 0 Å². The Kier molecular flexibility index (Phi) is 5.57. The van der Waals surface area contributed by atoms with Crippen LogP contribution in [0.5, 0.6) is 5.75 Å². The second kappa shape index (κ2) is 6.98. The lowest BCUT2D eigenvalue weighted by molar-refractivity contribution is 0.00800. The molecule has 1 aliphatic rings. The number of nitrogens with two attached hydrogens (primary N) is 1. The van der Waals surface area contributed by atoms with E-state index in [9.17, 15) is 4.79 Å². The van der Waals surface area contributed by atoms with Crippen LogP contribution in [0.1, 0.15) is 50.8 Å². The summed E-state index contributed by atoms with van der Waals surface area (Å²) in [6.07, 6.45) is -0.330. The van der Waals surface area contributed by atoms with Crippen LogP contribution in [0.15, 0.2) is 6.07 Å². The fourth-order valence-electron chi connectivity index (χ4n) is 2.72. The average Bonchev–Trinajstić information content (AvgIpc) is 2.39. The van der Waals surface area contributed by atoms with E-state index in [4.69, 9.17) is 38.4 Å². The molecule has 0 radical (unpaired) electrons. The molecule has 1 fully saturated rings. The summed E-state index contributed by atoms with van der Waals surface area (Å²) in [4.78, 5) is 13.7. The number of methoxy groups -OCH3 is 1. The zero-order valence-corrected chi connectivity index (χ0v) is 16.2. The molecule has 5 nitrogen and oxygen atoms in total. The summed E-state index contributed by atoms with van der Waals surface area (Å²) >= 11 is 12.7. The molecule has 0 bridgehead atoms. The molecule has 0 spiro atoms. The van der Waals surface area contributed by atoms with Gasteiger partial charge in [-0.2, -0.15) is 0 Å². The molecule has 1 atom stereocenters. The first-order chi connectivity index (χ1) is 11.0. The quantitative estimate of drug-likeness (QED) is 0.853. The lowest BCUT2D eigenvalue weighted by Crippen LogP contribution is -2.50. The summed E-state index contributed by atoms with van der Waals surface area (Å²) in [6, 6.07) is 1.50. The maximum Gasteiger partial charge on any atom is 0.410 e. The second-order valence-electron chi connectivity index (χ2n) is 7.08. The molecule has 134 valence electrons. The Bertz CT molecular complexity index is 636. The van der Waals surface area contributed by atoms with E-state index in [2.05, 4.69) is 0 Å². The van der Waals surface area contributed by atoms with Crippen LogP contribution in [0.2, 0.25) is 10.0 Å². The fraction of sp³-hybridized carbons (Fsp3) is 0.588. The molecule has 1 aromatic carbocycles. The van der Waals surface area contributed by atoms with Crippen molar-refractivity contribution in [3.05, 3.63) is 27.2 Å². The van der Waals surface area contributed by atoms with Gasteiger partial charge in [0.1, 0.15) is 11.4 Å². The van der Waals surface area contributed by atoms with Gasteiger partial charge < -0.3 is 20.1 Å². The van der Waals surface area contributed by atoms with Crippen LogP contribution < -0.4 is 10.5 Å². The maximum absolute atomic E-state index is 12.1. The van der Waals surface area contributed by atoms with Gasteiger partial charge in [-0.25, -0.2) is 4.79 Å². The summed E-state index contributed by atoms with van der Waals surface area (Å²) in [5.41, 5.74) is 7.11. The average molecular weight is 375 g/mol. The highest BCUT2D eigenvalue weighted by Gasteiger charge is 2.38. The van der Waals surface area contributed by atoms with Gasteiger partial charge in [0.05, 0.1) is 17.2 Å². The number of ether oxygens (including phenoxy) is 2. The van der Waals surface area contributed by atoms with Crippen LogP contribution in [0, 0.1) is 0 Å². The smallest absolute Gasteiger partial charge is 0.410 e. The van der Waals surface area contributed by atoms with Crippen molar-refractivity contribution in [2.45, 2.75) is 45.3 Å². The molecule has 24 heavy (non-hydrogen) atoms. The molecular weight excluding hydrogens is 351 g/mol. The molecule has 0 aromatic heterocycles. The number of hydrogen-bond donors (Lipinski definition) is 1. The van der Waals surface area contributed by atoms with E-state index in [0.717, 1.165) is 11.1 Å². The van der Waals surface area contributed by atoms with Crippen molar-refractivity contribution in [2.75, 3.05) is 20.2 Å². The standard InChI is InChI=1S/C17H24Cl2N2O3/c1-9(20)11-6-12(18)14(19)13(15(11)23-5)10-7-21(8-10)16(22)24-17(2,3)4/h6,9-10H,7-8,20H2,1-5H3. The highest BCUT2D eigenvalue weighted by molar-refractivity contribution is 6.42. The molecule has 0 saturated carbocycles. The van der Waals surface area contributed by atoms with Crippen molar-refractivity contribution in [1.29, 1.82) is 0 Å². The highest BCUT2D eigenvalue weighted by atomic mass is 35.5. The van der Waals surface area contributed by atoms with E-state index in [0.29, 0.717) is 28.9 Å². The molecular formula is C17H24Cl2N2O3. The Morgan fingerprint density at radius 2 is 1.96 bits per heavy atom. The van der Waals surface area contributed by atoms with Gasteiger partial charge in [0.15, 0.2) is 0 Å². The van der Waals surface area contributed by atoms with Crippen LogP contribution in [-0.4, -0.2) is 36.8 Å². The Balaban J connectivity index is 2.24. The molecule has 2 rings (SSSR count). The second-order valence-corrected chi connectivity index (χ2v) is 7.86. The van der Waals surface area contributed by atoms with Crippen molar-refractivity contribution >= 4 is 29.3 Å². The number of carbonyl (C=O) groups is 1. The summed E-state index contributed by atoms with van der Waals surface area (Å²) in [6.45, 7) is 8.39. The van der Waals surface area contributed by atoms with E-state index in [1.807, 2.05) is 27.7 Å². The highest BCUT2D eigenvalue weighted by Crippen LogP contribution is 2.45. The van der Waals surface area contributed by atoms with Gasteiger partial charge in [-0.1, -0.05) is 23.2 Å². The van der Waals surface area contributed by atoms with Crippen LogP contribution in [0.4, 0.5) is 4.79 Å². The van der Waals surface area contributed by atoms with Crippen LogP contribution in [-0.2, 0) is 4.74 Å². The molecule has 2 N–H and O–H groups in total. The van der Waals surface area contributed by atoms with Crippen molar-refractivity contribution < 1.29 is 14.3 Å². The van der Waals surface area contributed by atoms with Gasteiger partial charge >= 0.3 is 6.09 Å². The molecule has 1 saturated heterocycles. The lowest BCUT2D eigenvalue weighted by Gasteiger charge is -2.41. The van der Waals surface area contributed by atoms with Crippen LogP contribution in [0.25, 0.3) is 0 Å². The third kappa shape index (κ3) is 3.90. The first-order valence-electron chi connectivity index (χ1n) is 7.84. The zero-order valence-electron chi connectivity index (χ0n) is 14.7. The van der Waals surface area contributed by atoms with E-state index in [1.165, 1.54) is 0 Å². The molecule has 1 heterocycles. The topological polar surface area (TPSA) is 64.8 Å².